The van der Waals surface area contributed by atoms with E-state index in [2.05, 4.69) is 16.4 Å². The monoisotopic (exact) mass is 308 g/mol. The lowest BCUT2D eigenvalue weighted by atomic mass is 10.0. The molecule has 0 amide bonds. The molecule has 0 bridgehead atoms. The molecular weight excluding hydrogens is 288 g/mol. The third-order valence-electron chi connectivity index (χ3n) is 3.70. The topological polar surface area (TPSA) is 86.1 Å². The van der Waals surface area contributed by atoms with Crippen molar-refractivity contribution in [2.24, 2.45) is 5.92 Å². The minimum absolute atomic E-state index is 0.147. The fourth-order valence-electron chi connectivity index (χ4n) is 2.42. The molecule has 1 aliphatic heterocycles. The van der Waals surface area contributed by atoms with Gasteiger partial charge in [0.15, 0.2) is 0 Å². The van der Waals surface area contributed by atoms with E-state index < -0.39 is 10.0 Å². The van der Waals surface area contributed by atoms with Crippen molar-refractivity contribution in [2.75, 3.05) is 30.7 Å². The number of pyridine rings is 1. The molecule has 6 nitrogen and oxygen atoms in total. The molecule has 0 saturated carbocycles. The maximum absolute atomic E-state index is 11.6. The van der Waals surface area contributed by atoms with Crippen molar-refractivity contribution in [2.45, 2.75) is 20.8 Å². The standard InChI is InChI=1S/C14H20N4O2S/c1-4-21(19,20)18-8-12(9-18)7-16-14-5-10(2)17-11(3)13(14)6-15/h5,12H,4,7-9H2,1-3H3,(H,16,17). The average Bonchev–Trinajstić information content (AvgIpc) is 2.36. The zero-order chi connectivity index (χ0) is 15.6. The van der Waals surface area contributed by atoms with Crippen LogP contribution in [0, 0.1) is 31.1 Å². The fourth-order valence-corrected chi connectivity index (χ4v) is 3.67. The number of anilines is 1. The molecule has 0 unspecified atom stereocenters. The number of nitrogens with one attached hydrogen (secondary N) is 1. The van der Waals surface area contributed by atoms with E-state index >= 15 is 0 Å². The predicted molar refractivity (Wildman–Crippen MR) is 81.4 cm³/mol. The van der Waals surface area contributed by atoms with E-state index in [1.54, 1.807) is 6.92 Å². The number of nitriles is 1. The fraction of sp³-hybridized carbons (Fsp3) is 0.571. The summed E-state index contributed by atoms with van der Waals surface area (Å²) in [6.07, 6.45) is 0. The second-order valence-corrected chi connectivity index (χ2v) is 7.61. The summed E-state index contributed by atoms with van der Waals surface area (Å²) >= 11 is 0. The second-order valence-electron chi connectivity index (χ2n) is 5.35. The Labute approximate surface area is 125 Å². The third-order valence-corrected chi connectivity index (χ3v) is 5.52. The molecule has 0 atom stereocenters. The van der Waals surface area contributed by atoms with Gasteiger partial charge in [0.1, 0.15) is 6.07 Å². The smallest absolute Gasteiger partial charge is 0.213 e. The highest BCUT2D eigenvalue weighted by Gasteiger charge is 2.34. The third kappa shape index (κ3) is 3.34. The highest BCUT2D eigenvalue weighted by Crippen LogP contribution is 2.23. The molecule has 21 heavy (non-hydrogen) atoms. The van der Waals surface area contributed by atoms with Gasteiger partial charge in [-0.3, -0.25) is 4.98 Å². The summed E-state index contributed by atoms with van der Waals surface area (Å²) in [5, 5.41) is 12.4. The lowest BCUT2D eigenvalue weighted by Crippen LogP contribution is -2.52. The maximum atomic E-state index is 11.6. The van der Waals surface area contributed by atoms with E-state index in [4.69, 9.17) is 0 Å². The Morgan fingerprint density at radius 3 is 2.71 bits per heavy atom. The van der Waals surface area contributed by atoms with Gasteiger partial charge >= 0.3 is 0 Å². The number of aryl methyl sites for hydroxylation is 2. The lowest BCUT2D eigenvalue weighted by Gasteiger charge is -2.38. The Morgan fingerprint density at radius 1 is 1.48 bits per heavy atom. The van der Waals surface area contributed by atoms with Gasteiger partial charge in [-0.25, -0.2) is 12.7 Å². The Morgan fingerprint density at radius 2 is 2.14 bits per heavy atom. The van der Waals surface area contributed by atoms with Crippen molar-refractivity contribution >= 4 is 15.7 Å². The summed E-state index contributed by atoms with van der Waals surface area (Å²) in [6, 6.07) is 4.01. The van der Waals surface area contributed by atoms with Gasteiger partial charge in [-0.1, -0.05) is 0 Å². The van der Waals surface area contributed by atoms with E-state index in [9.17, 15) is 13.7 Å². The highest BCUT2D eigenvalue weighted by molar-refractivity contribution is 7.89. The molecular formula is C14H20N4O2S. The zero-order valence-corrected chi connectivity index (χ0v) is 13.4. The van der Waals surface area contributed by atoms with Crippen LogP contribution in [0.1, 0.15) is 23.9 Å². The van der Waals surface area contributed by atoms with Gasteiger partial charge in [0.25, 0.3) is 0 Å². The number of rotatable bonds is 5. The van der Waals surface area contributed by atoms with E-state index in [0.717, 1.165) is 11.4 Å². The molecule has 1 aliphatic rings. The van der Waals surface area contributed by atoms with Crippen LogP contribution >= 0.6 is 0 Å². The van der Waals surface area contributed by atoms with Gasteiger partial charge in [-0.05, 0) is 26.8 Å². The summed E-state index contributed by atoms with van der Waals surface area (Å²) in [7, 11) is -3.06. The first kappa shape index (κ1) is 15.7. The van der Waals surface area contributed by atoms with Crippen molar-refractivity contribution in [3.8, 4) is 6.07 Å². The molecule has 1 saturated heterocycles. The van der Waals surface area contributed by atoms with Crippen LogP contribution in [0.3, 0.4) is 0 Å². The summed E-state index contributed by atoms with van der Waals surface area (Å²) < 4.78 is 24.8. The van der Waals surface area contributed by atoms with Crippen molar-refractivity contribution < 1.29 is 8.42 Å². The van der Waals surface area contributed by atoms with Crippen LogP contribution in [0.5, 0.6) is 0 Å². The van der Waals surface area contributed by atoms with Gasteiger partial charge in [0.05, 0.1) is 22.7 Å². The van der Waals surface area contributed by atoms with Gasteiger partial charge in [-0.2, -0.15) is 5.26 Å². The zero-order valence-electron chi connectivity index (χ0n) is 12.5. The second kappa shape index (κ2) is 6.00. The largest absolute Gasteiger partial charge is 0.383 e. The maximum Gasteiger partial charge on any atom is 0.213 e. The Hall–Kier alpha value is -1.65. The molecule has 7 heteroatoms. The average molecular weight is 308 g/mol. The van der Waals surface area contributed by atoms with Gasteiger partial charge < -0.3 is 5.32 Å². The van der Waals surface area contributed by atoms with E-state index in [0.29, 0.717) is 30.9 Å². The molecule has 114 valence electrons. The molecule has 2 rings (SSSR count). The van der Waals surface area contributed by atoms with E-state index in [1.165, 1.54) is 4.31 Å². The minimum atomic E-state index is -3.06. The van der Waals surface area contributed by atoms with Crippen molar-refractivity contribution in [3.63, 3.8) is 0 Å². The molecule has 1 fully saturated rings. The minimum Gasteiger partial charge on any atom is -0.383 e. The van der Waals surface area contributed by atoms with Crippen LogP contribution in [0.15, 0.2) is 6.07 Å². The van der Waals surface area contributed by atoms with E-state index in [1.807, 2.05) is 19.9 Å². The first-order valence-electron chi connectivity index (χ1n) is 6.97. The molecule has 0 radical (unpaired) electrons. The summed E-state index contributed by atoms with van der Waals surface area (Å²) in [6.45, 7) is 7.12. The van der Waals surface area contributed by atoms with Gasteiger partial charge in [0.2, 0.25) is 10.0 Å². The predicted octanol–water partition coefficient (Wildman–Crippen LogP) is 1.26. The molecule has 1 aromatic heterocycles. The summed E-state index contributed by atoms with van der Waals surface area (Å²) in [5.41, 5.74) is 2.90. The van der Waals surface area contributed by atoms with E-state index in [-0.39, 0.29) is 11.7 Å². The quantitative estimate of drug-likeness (QED) is 0.885. The van der Waals surface area contributed by atoms with Crippen molar-refractivity contribution in [1.29, 1.82) is 5.26 Å². The molecule has 1 N–H and O–H groups in total. The van der Waals surface area contributed by atoms with Crippen LogP contribution in [-0.2, 0) is 10.0 Å². The van der Waals surface area contributed by atoms with Crippen molar-refractivity contribution in [1.82, 2.24) is 9.29 Å². The first-order chi connectivity index (χ1) is 9.87. The van der Waals surface area contributed by atoms with Crippen LogP contribution in [0.4, 0.5) is 5.69 Å². The molecule has 1 aromatic rings. The SMILES string of the molecule is CCS(=O)(=O)N1CC(CNc2cc(C)nc(C)c2C#N)C1. The van der Waals surface area contributed by atoms with Gasteiger partial charge in [0, 0.05) is 31.2 Å². The Balaban J connectivity index is 1.96. The summed E-state index contributed by atoms with van der Waals surface area (Å²) in [5.74, 6) is 0.431. The Bertz CT molecular complexity index is 673. The van der Waals surface area contributed by atoms with Crippen LogP contribution in [-0.4, -0.2) is 43.1 Å². The van der Waals surface area contributed by atoms with Crippen LogP contribution in [0.2, 0.25) is 0 Å². The molecule has 0 spiro atoms. The highest BCUT2D eigenvalue weighted by atomic mass is 32.2. The van der Waals surface area contributed by atoms with Gasteiger partial charge in [-0.15, -0.1) is 0 Å². The molecule has 2 heterocycles. The number of hydrogen-bond donors (Lipinski definition) is 1. The lowest BCUT2D eigenvalue weighted by molar-refractivity contribution is 0.212. The first-order valence-corrected chi connectivity index (χ1v) is 8.58. The van der Waals surface area contributed by atoms with Crippen LogP contribution < -0.4 is 5.32 Å². The Kier molecular flexibility index (Phi) is 4.49. The molecule has 0 aromatic carbocycles. The number of hydrogen-bond acceptors (Lipinski definition) is 5. The number of aromatic nitrogens is 1. The van der Waals surface area contributed by atoms with Crippen molar-refractivity contribution in [3.05, 3.63) is 23.0 Å². The van der Waals surface area contributed by atoms with Crippen LogP contribution in [0.25, 0.3) is 0 Å². The summed E-state index contributed by atoms with van der Waals surface area (Å²) in [4.78, 5) is 4.27. The number of nitrogens with zero attached hydrogens (tertiary/aromatic N) is 3. The molecule has 0 aliphatic carbocycles. The number of sulfonamides is 1. The normalized spacial score (nSPS) is 16.3.